The van der Waals surface area contributed by atoms with Crippen LogP contribution >= 0.6 is 11.8 Å². The average molecular weight is 382 g/mol. The minimum Gasteiger partial charge on any atom is -0.449 e. The summed E-state index contributed by atoms with van der Waals surface area (Å²) in [4.78, 5) is 11.8. The third kappa shape index (κ3) is 4.92. The number of ether oxygens (including phenoxy) is 1. The molecule has 0 saturated carbocycles. The summed E-state index contributed by atoms with van der Waals surface area (Å²) in [6.07, 6.45) is 0. The molecule has 0 bridgehead atoms. The molecule has 0 unspecified atom stereocenters. The summed E-state index contributed by atoms with van der Waals surface area (Å²) in [5, 5.41) is 12.3. The summed E-state index contributed by atoms with van der Waals surface area (Å²) < 4.78 is 19.7. The fraction of sp³-hybridized carbons (Fsp3) is 0.158. The normalized spacial score (nSPS) is 10.1. The molecule has 1 heterocycles. The quantitative estimate of drug-likeness (QED) is 0.384. The standard InChI is InChI=1S/C19H15FN4O2S/c1-14-7-2-3-10-17(14)24-19(21-22-23-24)27-12-5-4-11-26-18(25)15-8-6-9-16(20)13-15/h2-3,6-10,13H,11-12H2,1H3. The Morgan fingerprint density at radius 3 is 2.89 bits per heavy atom. The molecular formula is C19H15FN4O2S. The second-order valence-electron chi connectivity index (χ2n) is 5.39. The van der Waals surface area contributed by atoms with E-state index in [2.05, 4.69) is 27.4 Å². The summed E-state index contributed by atoms with van der Waals surface area (Å²) in [6, 6.07) is 13.1. The number of carbonyl (C=O) groups excluding carboxylic acids is 1. The van der Waals surface area contributed by atoms with E-state index < -0.39 is 11.8 Å². The van der Waals surface area contributed by atoms with Crippen molar-refractivity contribution >= 4 is 17.7 Å². The molecule has 0 atom stereocenters. The average Bonchev–Trinajstić information content (AvgIpc) is 3.13. The third-order valence-corrected chi connectivity index (χ3v) is 4.32. The Morgan fingerprint density at radius 1 is 1.22 bits per heavy atom. The molecule has 6 nitrogen and oxygen atoms in total. The molecule has 1 aromatic heterocycles. The lowest BCUT2D eigenvalue weighted by molar-refractivity contribution is 0.0556. The number of para-hydroxylation sites is 1. The van der Waals surface area contributed by atoms with E-state index in [1.165, 1.54) is 30.0 Å². The minimum atomic E-state index is -0.611. The van der Waals surface area contributed by atoms with Crippen LogP contribution in [0.4, 0.5) is 4.39 Å². The Hall–Kier alpha value is -3.18. The summed E-state index contributed by atoms with van der Waals surface area (Å²) in [5.41, 5.74) is 2.12. The van der Waals surface area contributed by atoms with Gasteiger partial charge in [-0.2, -0.15) is 4.68 Å². The van der Waals surface area contributed by atoms with Gasteiger partial charge in [0.15, 0.2) is 6.61 Å². The van der Waals surface area contributed by atoms with Gasteiger partial charge in [-0.05, 0) is 47.2 Å². The lowest BCUT2D eigenvalue weighted by Crippen LogP contribution is -2.05. The molecule has 3 aromatic rings. The smallest absolute Gasteiger partial charge is 0.339 e. The Kier molecular flexibility index (Phi) is 6.18. The lowest BCUT2D eigenvalue weighted by Gasteiger charge is -2.05. The van der Waals surface area contributed by atoms with Crippen molar-refractivity contribution in [1.29, 1.82) is 0 Å². The molecule has 0 aliphatic rings. The molecule has 0 amide bonds. The number of carbonyl (C=O) groups is 1. The zero-order valence-corrected chi connectivity index (χ0v) is 15.2. The van der Waals surface area contributed by atoms with Gasteiger partial charge in [-0.1, -0.05) is 47.9 Å². The molecule has 136 valence electrons. The topological polar surface area (TPSA) is 69.9 Å². The van der Waals surface area contributed by atoms with Crippen LogP contribution in [0, 0.1) is 24.6 Å². The number of nitrogens with zero attached hydrogens (tertiary/aromatic N) is 4. The van der Waals surface area contributed by atoms with Crippen LogP contribution in [0.1, 0.15) is 15.9 Å². The lowest BCUT2D eigenvalue weighted by atomic mass is 10.2. The van der Waals surface area contributed by atoms with E-state index in [0.717, 1.165) is 17.3 Å². The van der Waals surface area contributed by atoms with Gasteiger partial charge in [0, 0.05) is 0 Å². The number of rotatable bonds is 5. The van der Waals surface area contributed by atoms with Crippen molar-refractivity contribution in [1.82, 2.24) is 20.2 Å². The summed E-state index contributed by atoms with van der Waals surface area (Å²) >= 11 is 1.38. The minimum absolute atomic E-state index is 0.0708. The van der Waals surface area contributed by atoms with E-state index in [1.54, 1.807) is 4.68 Å². The largest absolute Gasteiger partial charge is 0.449 e. The van der Waals surface area contributed by atoms with E-state index in [0.29, 0.717) is 10.9 Å². The predicted molar refractivity (Wildman–Crippen MR) is 99.1 cm³/mol. The Labute approximate surface area is 159 Å². The van der Waals surface area contributed by atoms with Crippen molar-refractivity contribution in [2.75, 3.05) is 12.4 Å². The maximum Gasteiger partial charge on any atom is 0.339 e. The highest BCUT2D eigenvalue weighted by atomic mass is 32.2. The van der Waals surface area contributed by atoms with Gasteiger partial charge in [-0.25, -0.2) is 9.18 Å². The fourth-order valence-corrected chi connectivity index (χ4v) is 2.88. The van der Waals surface area contributed by atoms with Crippen LogP contribution in [0.5, 0.6) is 0 Å². The van der Waals surface area contributed by atoms with Gasteiger partial charge >= 0.3 is 5.97 Å². The number of aryl methyl sites for hydroxylation is 1. The van der Waals surface area contributed by atoms with Gasteiger partial charge in [0.25, 0.3) is 0 Å². The van der Waals surface area contributed by atoms with E-state index in [-0.39, 0.29) is 12.2 Å². The van der Waals surface area contributed by atoms with Gasteiger partial charge < -0.3 is 4.74 Å². The zero-order chi connectivity index (χ0) is 19.1. The summed E-state index contributed by atoms with van der Waals surface area (Å²) in [6.45, 7) is 1.91. The number of hydrogen-bond acceptors (Lipinski definition) is 6. The number of halogens is 1. The number of tetrazole rings is 1. The number of benzene rings is 2. The zero-order valence-electron chi connectivity index (χ0n) is 14.4. The molecule has 27 heavy (non-hydrogen) atoms. The van der Waals surface area contributed by atoms with Crippen molar-refractivity contribution in [3.05, 3.63) is 65.5 Å². The van der Waals surface area contributed by atoms with Crippen LogP contribution in [0.15, 0.2) is 53.7 Å². The Bertz CT molecular complexity index is 1010. The van der Waals surface area contributed by atoms with Gasteiger partial charge in [-0.3, -0.25) is 0 Å². The van der Waals surface area contributed by atoms with E-state index >= 15 is 0 Å². The van der Waals surface area contributed by atoms with Crippen molar-refractivity contribution in [3.8, 4) is 17.5 Å². The van der Waals surface area contributed by atoms with Crippen LogP contribution in [-0.4, -0.2) is 38.5 Å². The molecule has 0 fully saturated rings. The summed E-state index contributed by atoms with van der Waals surface area (Å²) in [7, 11) is 0. The van der Waals surface area contributed by atoms with Crippen molar-refractivity contribution in [3.63, 3.8) is 0 Å². The molecule has 0 aliphatic carbocycles. The second-order valence-corrected chi connectivity index (χ2v) is 6.33. The maximum atomic E-state index is 13.1. The molecular weight excluding hydrogens is 367 g/mol. The first-order valence-electron chi connectivity index (χ1n) is 8.01. The first-order valence-corrected chi connectivity index (χ1v) is 8.99. The van der Waals surface area contributed by atoms with Gasteiger partial charge in [-0.15, -0.1) is 5.10 Å². The predicted octanol–water partition coefficient (Wildman–Crippen LogP) is 3.06. The molecule has 0 saturated heterocycles. The molecule has 3 rings (SSSR count). The molecule has 0 aliphatic heterocycles. The number of esters is 1. The third-order valence-electron chi connectivity index (χ3n) is 3.52. The van der Waals surface area contributed by atoms with E-state index in [4.69, 9.17) is 4.74 Å². The van der Waals surface area contributed by atoms with Crippen LogP contribution in [0.25, 0.3) is 5.69 Å². The Balaban J connectivity index is 1.51. The highest BCUT2D eigenvalue weighted by Gasteiger charge is 2.10. The molecule has 8 heteroatoms. The first-order chi connectivity index (χ1) is 13.1. The van der Waals surface area contributed by atoms with Crippen LogP contribution in [-0.2, 0) is 4.74 Å². The molecule has 0 N–H and O–H groups in total. The highest BCUT2D eigenvalue weighted by Crippen LogP contribution is 2.19. The fourth-order valence-electron chi connectivity index (χ4n) is 2.22. The molecule has 0 spiro atoms. The van der Waals surface area contributed by atoms with Crippen molar-refractivity contribution in [2.45, 2.75) is 12.1 Å². The molecule has 2 aromatic carbocycles. The first kappa shape index (κ1) is 18.6. The summed E-state index contributed by atoms with van der Waals surface area (Å²) in [5.74, 6) is 4.97. The van der Waals surface area contributed by atoms with Crippen LogP contribution in [0.2, 0.25) is 0 Å². The van der Waals surface area contributed by atoms with Gasteiger partial charge in [0.1, 0.15) is 5.82 Å². The van der Waals surface area contributed by atoms with Crippen molar-refractivity contribution < 1.29 is 13.9 Å². The number of aromatic nitrogens is 4. The van der Waals surface area contributed by atoms with E-state index in [9.17, 15) is 9.18 Å². The monoisotopic (exact) mass is 382 g/mol. The molecule has 0 radical (unpaired) electrons. The van der Waals surface area contributed by atoms with Crippen molar-refractivity contribution in [2.24, 2.45) is 0 Å². The van der Waals surface area contributed by atoms with Crippen LogP contribution < -0.4 is 0 Å². The second kappa shape index (κ2) is 8.96. The number of hydrogen-bond donors (Lipinski definition) is 0. The highest BCUT2D eigenvalue weighted by molar-refractivity contribution is 7.99. The van der Waals surface area contributed by atoms with Gasteiger partial charge in [0.2, 0.25) is 5.16 Å². The Morgan fingerprint density at radius 2 is 2.07 bits per heavy atom. The SMILES string of the molecule is Cc1ccccc1-n1nnnc1SCC#CCOC(=O)c1cccc(F)c1. The van der Waals surface area contributed by atoms with Crippen LogP contribution in [0.3, 0.4) is 0 Å². The number of thioether (sulfide) groups is 1. The van der Waals surface area contributed by atoms with Gasteiger partial charge in [0.05, 0.1) is 17.0 Å². The maximum absolute atomic E-state index is 13.1. The van der Waals surface area contributed by atoms with E-state index in [1.807, 2.05) is 31.2 Å².